The number of nitrogens with one attached hydrogen (secondary N) is 1. The lowest BCUT2D eigenvalue weighted by molar-refractivity contribution is -0.122. The maximum atomic E-state index is 13.7. The van der Waals surface area contributed by atoms with Crippen molar-refractivity contribution in [3.8, 4) is 17.2 Å². The van der Waals surface area contributed by atoms with Crippen molar-refractivity contribution < 1.29 is 28.8 Å². The Hall–Kier alpha value is -2.29. The van der Waals surface area contributed by atoms with E-state index in [4.69, 9.17) is 18.9 Å². The second-order valence-electron chi connectivity index (χ2n) is 8.87. The lowest BCUT2D eigenvalue weighted by Gasteiger charge is -2.52. The first-order valence-electron chi connectivity index (χ1n) is 10.7. The summed E-state index contributed by atoms with van der Waals surface area (Å²) in [6, 6.07) is 1.91. The Morgan fingerprint density at radius 3 is 2.65 bits per heavy atom. The lowest BCUT2D eigenvalue weighted by Crippen LogP contribution is -2.59. The second kappa shape index (κ2) is 7.39. The molecule has 0 saturated carbocycles. The molecule has 5 aliphatic rings. The molecule has 1 unspecified atom stereocenters. The van der Waals surface area contributed by atoms with Crippen molar-refractivity contribution in [2.24, 2.45) is 11.8 Å². The molecule has 5 heterocycles. The first kappa shape index (κ1) is 20.6. The van der Waals surface area contributed by atoms with Crippen LogP contribution in [0.2, 0.25) is 0 Å². The quantitative estimate of drug-likeness (QED) is 0.662. The second-order valence-corrected chi connectivity index (χ2v) is 8.87. The van der Waals surface area contributed by atoms with E-state index in [0.29, 0.717) is 36.0 Å². The number of anilines is 1. The van der Waals surface area contributed by atoms with E-state index < -0.39 is 5.41 Å². The van der Waals surface area contributed by atoms with Crippen molar-refractivity contribution in [1.82, 2.24) is 4.90 Å². The van der Waals surface area contributed by atoms with Gasteiger partial charge in [-0.2, -0.15) is 0 Å². The average Bonchev–Trinajstić information content (AvgIpc) is 3.22. The summed E-state index contributed by atoms with van der Waals surface area (Å²) in [6.07, 6.45) is 3.59. The summed E-state index contributed by atoms with van der Waals surface area (Å²) >= 11 is 0. The Bertz CT molecular complexity index is 946. The van der Waals surface area contributed by atoms with Crippen molar-refractivity contribution in [2.45, 2.75) is 30.3 Å². The molecule has 2 N–H and O–H groups in total. The number of piperidine rings is 3. The fourth-order valence-corrected chi connectivity index (χ4v) is 6.68. The number of ether oxygens (including phenoxy) is 4. The van der Waals surface area contributed by atoms with Crippen LogP contribution in [0.25, 0.3) is 0 Å². The van der Waals surface area contributed by atoms with Gasteiger partial charge in [-0.25, -0.2) is 0 Å². The highest BCUT2D eigenvalue weighted by Crippen LogP contribution is 2.64. The van der Waals surface area contributed by atoms with E-state index in [9.17, 15) is 9.90 Å². The minimum absolute atomic E-state index is 0.0217. The fraction of sp³-hybridized carbons (Fsp3) is 0.609. The molecule has 1 amide bonds. The van der Waals surface area contributed by atoms with Crippen LogP contribution in [0, 0.1) is 11.8 Å². The molecule has 8 nitrogen and oxygen atoms in total. The Labute approximate surface area is 182 Å². The van der Waals surface area contributed by atoms with Crippen LogP contribution < -0.4 is 19.5 Å². The zero-order valence-electron chi connectivity index (χ0n) is 18.4. The van der Waals surface area contributed by atoms with Gasteiger partial charge < -0.3 is 29.4 Å². The van der Waals surface area contributed by atoms with Crippen LogP contribution in [-0.2, 0) is 14.9 Å². The number of hydrogen-bond donors (Lipinski definition) is 2. The molecule has 4 fully saturated rings. The van der Waals surface area contributed by atoms with Crippen LogP contribution in [0.1, 0.15) is 18.4 Å². The van der Waals surface area contributed by atoms with Gasteiger partial charge in [0.1, 0.15) is 5.75 Å². The highest BCUT2D eigenvalue weighted by atomic mass is 16.5. The monoisotopic (exact) mass is 430 g/mol. The molecule has 31 heavy (non-hydrogen) atoms. The number of aliphatic hydroxyl groups is 1. The Kier molecular flexibility index (Phi) is 4.91. The summed E-state index contributed by atoms with van der Waals surface area (Å²) in [5.41, 5.74) is 2.04. The number of hydrogen-bond acceptors (Lipinski definition) is 7. The van der Waals surface area contributed by atoms with Crippen molar-refractivity contribution in [3.05, 3.63) is 23.3 Å². The highest BCUT2D eigenvalue weighted by Gasteiger charge is 2.68. The third kappa shape index (κ3) is 2.55. The number of methoxy groups -OCH3 is 4. The van der Waals surface area contributed by atoms with Crippen LogP contribution in [0.5, 0.6) is 17.2 Å². The van der Waals surface area contributed by atoms with Crippen molar-refractivity contribution >= 4 is 11.6 Å². The molecule has 168 valence electrons. The average molecular weight is 431 g/mol. The molecule has 5 aliphatic heterocycles. The van der Waals surface area contributed by atoms with Gasteiger partial charge in [0.2, 0.25) is 5.91 Å². The first-order valence-corrected chi connectivity index (χ1v) is 10.7. The lowest BCUT2D eigenvalue weighted by atomic mass is 9.69. The SMILES string of the molecule is COCC=C1CN2[C@@H]3C[C@@]4(C(=O)Nc5c(OC)cc(OC)c(OC)c54)[C@H]2C[C@H]1[C@@H]3CO. The van der Waals surface area contributed by atoms with E-state index in [1.165, 1.54) is 5.57 Å². The van der Waals surface area contributed by atoms with Crippen molar-refractivity contribution in [3.63, 3.8) is 0 Å². The van der Waals surface area contributed by atoms with Gasteiger partial charge >= 0.3 is 0 Å². The molecule has 1 spiro atoms. The number of carbonyl (C=O) groups excluding carboxylic acids is 1. The van der Waals surface area contributed by atoms with Gasteiger partial charge in [-0.1, -0.05) is 11.6 Å². The van der Waals surface area contributed by atoms with Crippen molar-refractivity contribution in [1.29, 1.82) is 0 Å². The van der Waals surface area contributed by atoms with E-state index in [2.05, 4.69) is 16.3 Å². The molecule has 6 atom stereocenters. The van der Waals surface area contributed by atoms with Gasteiger partial charge in [0.15, 0.2) is 11.5 Å². The summed E-state index contributed by atoms with van der Waals surface area (Å²) in [5, 5.41) is 13.4. The molecule has 6 rings (SSSR count). The summed E-state index contributed by atoms with van der Waals surface area (Å²) in [7, 11) is 6.48. The largest absolute Gasteiger partial charge is 0.494 e. The Morgan fingerprint density at radius 2 is 2.00 bits per heavy atom. The zero-order valence-corrected chi connectivity index (χ0v) is 18.4. The summed E-state index contributed by atoms with van der Waals surface area (Å²) in [5.74, 6) is 2.02. The van der Waals surface area contributed by atoms with E-state index in [0.717, 1.165) is 18.5 Å². The third-order valence-corrected chi connectivity index (χ3v) is 7.92. The Morgan fingerprint density at radius 1 is 1.23 bits per heavy atom. The van der Waals surface area contributed by atoms with E-state index >= 15 is 0 Å². The summed E-state index contributed by atoms with van der Waals surface area (Å²) in [4.78, 5) is 16.1. The number of nitrogens with zero attached hydrogens (tertiary/aromatic N) is 1. The van der Waals surface area contributed by atoms with Gasteiger partial charge in [-0.15, -0.1) is 0 Å². The molecule has 4 bridgehead atoms. The molecule has 0 aromatic heterocycles. The number of carbonyl (C=O) groups is 1. The number of amides is 1. The normalized spacial score (nSPS) is 36.1. The predicted octanol–water partition coefficient (Wildman–Crippen LogP) is 1.56. The number of benzene rings is 1. The highest BCUT2D eigenvalue weighted by molar-refractivity contribution is 6.10. The Balaban J connectivity index is 1.67. The fourth-order valence-electron chi connectivity index (χ4n) is 6.68. The van der Waals surface area contributed by atoms with Gasteiger partial charge in [-0.05, 0) is 18.8 Å². The molecule has 1 aromatic rings. The van der Waals surface area contributed by atoms with E-state index in [1.807, 2.05) is 0 Å². The molecule has 0 aliphatic carbocycles. The maximum Gasteiger partial charge on any atom is 0.237 e. The van der Waals surface area contributed by atoms with Gasteiger partial charge in [-0.3, -0.25) is 9.69 Å². The smallest absolute Gasteiger partial charge is 0.237 e. The summed E-state index contributed by atoms with van der Waals surface area (Å²) < 4.78 is 22.3. The topological polar surface area (TPSA) is 89.5 Å². The molecule has 1 aromatic carbocycles. The number of fused-ring (bicyclic) bond motifs is 3. The van der Waals surface area contributed by atoms with Crippen LogP contribution in [-0.4, -0.2) is 76.2 Å². The standard InChI is InChI=1S/C23H30N2O6/c1-28-6-5-12-10-25-15-9-23(18(25)7-13(12)14(15)11-26)19-20(24-22(23)27)16(29-2)8-17(30-3)21(19)31-4/h5,8,13-15,18,26H,6-7,9-11H2,1-4H3,(H,24,27)/t13-,14+,15-,18-,23-/m1/s1. The van der Waals surface area contributed by atoms with Crippen molar-refractivity contribution in [2.75, 3.05) is 53.5 Å². The summed E-state index contributed by atoms with van der Waals surface area (Å²) in [6.45, 7) is 1.46. The third-order valence-electron chi connectivity index (χ3n) is 7.92. The molecular formula is C23H30N2O6. The predicted molar refractivity (Wildman–Crippen MR) is 114 cm³/mol. The van der Waals surface area contributed by atoms with Crippen LogP contribution >= 0.6 is 0 Å². The van der Waals surface area contributed by atoms with Crippen LogP contribution in [0.3, 0.4) is 0 Å². The molecular weight excluding hydrogens is 400 g/mol. The van der Waals surface area contributed by atoms with E-state index in [1.54, 1.807) is 34.5 Å². The molecule has 8 heteroatoms. The van der Waals surface area contributed by atoms with Gasteiger partial charge in [0, 0.05) is 49.9 Å². The van der Waals surface area contributed by atoms with E-state index in [-0.39, 0.29) is 36.4 Å². The molecule has 0 radical (unpaired) electrons. The first-order chi connectivity index (χ1) is 15.0. The number of aliphatic hydroxyl groups excluding tert-OH is 1. The van der Waals surface area contributed by atoms with Gasteiger partial charge in [0.25, 0.3) is 0 Å². The maximum absolute atomic E-state index is 13.7. The minimum Gasteiger partial charge on any atom is -0.494 e. The zero-order chi connectivity index (χ0) is 21.9. The molecule has 4 saturated heterocycles. The van der Waals surface area contributed by atoms with Crippen LogP contribution in [0.4, 0.5) is 5.69 Å². The minimum atomic E-state index is -0.762. The van der Waals surface area contributed by atoms with Crippen LogP contribution in [0.15, 0.2) is 17.7 Å². The number of rotatable bonds is 6. The van der Waals surface area contributed by atoms with Gasteiger partial charge in [0.05, 0.1) is 39.0 Å².